The number of carbonyl (C=O) groups excluding carboxylic acids is 3. The van der Waals surface area contributed by atoms with Crippen molar-refractivity contribution in [1.82, 2.24) is 16.0 Å². The number of nitrogens with two attached hydrogens (primary N) is 5. The van der Waals surface area contributed by atoms with E-state index in [1.165, 1.54) is 18.7 Å². The van der Waals surface area contributed by atoms with Gasteiger partial charge in [0.05, 0.1) is 6.04 Å². The van der Waals surface area contributed by atoms with Crippen LogP contribution in [0.5, 0.6) is 0 Å². The number of amides is 3. The number of hydrogen-bond donors (Lipinski definition) is 9. The van der Waals surface area contributed by atoms with Gasteiger partial charge in [-0.05, 0) is 51.0 Å². The van der Waals surface area contributed by atoms with E-state index in [0.717, 1.165) is 0 Å². The van der Waals surface area contributed by atoms with Crippen LogP contribution >= 0.6 is 11.8 Å². The highest BCUT2D eigenvalue weighted by molar-refractivity contribution is 7.98. The van der Waals surface area contributed by atoms with Gasteiger partial charge < -0.3 is 49.7 Å². The third-order valence-electron chi connectivity index (χ3n) is 4.86. The topological polar surface area (TPSA) is 279 Å². The van der Waals surface area contributed by atoms with Gasteiger partial charge in [-0.2, -0.15) is 11.8 Å². The molecule has 0 aliphatic rings. The first kappa shape index (κ1) is 32.7. The molecule has 0 spiro atoms. The van der Waals surface area contributed by atoms with Crippen molar-refractivity contribution >= 4 is 47.4 Å². The molecule has 14 N–H and O–H groups in total. The maximum atomic E-state index is 12.8. The van der Waals surface area contributed by atoms with Crippen molar-refractivity contribution in [1.29, 1.82) is 0 Å². The summed E-state index contributed by atoms with van der Waals surface area (Å²) in [6.07, 6.45) is 3.34. The zero-order valence-electron chi connectivity index (χ0n) is 20.7. The molecular weight excluding hydrogens is 492 g/mol. The molecule has 15 nitrogen and oxygen atoms in total. The van der Waals surface area contributed by atoms with Crippen LogP contribution < -0.4 is 44.6 Å². The molecule has 3 amide bonds. The van der Waals surface area contributed by atoms with Gasteiger partial charge in [-0.3, -0.25) is 24.4 Å². The SMILES string of the molecule is CSCCC(NC(=O)C(N)CCCN=C(N)N)C(=O)NC(C)C(=O)NC(CCCN=C(N)N)C(=O)O. The van der Waals surface area contributed by atoms with Crippen LogP contribution in [0.3, 0.4) is 0 Å². The van der Waals surface area contributed by atoms with Gasteiger partial charge in [0.25, 0.3) is 0 Å². The van der Waals surface area contributed by atoms with E-state index >= 15 is 0 Å². The quantitative estimate of drug-likeness (QED) is 0.0479. The van der Waals surface area contributed by atoms with Crippen LogP contribution in [0, 0.1) is 0 Å². The first-order chi connectivity index (χ1) is 16.9. The van der Waals surface area contributed by atoms with E-state index in [1.807, 2.05) is 6.26 Å². The number of hydrogen-bond acceptors (Lipinski definition) is 8. The molecule has 0 saturated heterocycles. The maximum absolute atomic E-state index is 12.8. The molecule has 16 heteroatoms. The van der Waals surface area contributed by atoms with E-state index in [-0.39, 0.29) is 24.9 Å². The number of thioether (sulfide) groups is 1. The molecule has 0 fully saturated rings. The fourth-order valence-corrected chi connectivity index (χ4v) is 3.34. The zero-order valence-corrected chi connectivity index (χ0v) is 21.6. The Morgan fingerprint density at radius 3 is 1.83 bits per heavy atom. The second-order valence-corrected chi connectivity index (χ2v) is 8.96. The number of aliphatic imine (C=N–C) groups is 2. The smallest absolute Gasteiger partial charge is 0.326 e. The lowest BCUT2D eigenvalue weighted by Gasteiger charge is -2.23. The van der Waals surface area contributed by atoms with Crippen molar-refractivity contribution in [2.24, 2.45) is 38.7 Å². The van der Waals surface area contributed by atoms with Crippen LogP contribution in [0.4, 0.5) is 0 Å². The first-order valence-corrected chi connectivity index (χ1v) is 12.8. The van der Waals surface area contributed by atoms with Gasteiger partial charge in [-0.1, -0.05) is 0 Å². The van der Waals surface area contributed by atoms with Crippen molar-refractivity contribution in [2.45, 2.75) is 63.2 Å². The lowest BCUT2D eigenvalue weighted by atomic mass is 10.1. The average Bonchev–Trinajstić information content (AvgIpc) is 2.80. The van der Waals surface area contributed by atoms with Crippen LogP contribution in [0.15, 0.2) is 9.98 Å². The molecule has 0 aromatic carbocycles. The van der Waals surface area contributed by atoms with E-state index in [1.54, 1.807) is 0 Å². The molecule has 0 heterocycles. The summed E-state index contributed by atoms with van der Waals surface area (Å²) in [5.74, 6) is -2.64. The molecular formula is C20H40N10O5S. The van der Waals surface area contributed by atoms with Crippen molar-refractivity contribution in [3.8, 4) is 0 Å². The second kappa shape index (κ2) is 18.1. The fourth-order valence-electron chi connectivity index (χ4n) is 2.87. The van der Waals surface area contributed by atoms with Crippen molar-refractivity contribution in [3.63, 3.8) is 0 Å². The fraction of sp³-hybridized carbons (Fsp3) is 0.700. The summed E-state index contributed by atoms with van der Waals surface area (Å²) in [5.41, 5.74) is 26.9. The Labute approximate surface area is 214 Å². The van der Waals surface area contributed by atoms with Gasteiger partial charge in [0, 0.05) is 13.1 Å². The molecule has 0 aromatic heterocycles. The molecule has 36 heavy (non-hydrogen) atoms. The highest BCUT2D eigenvalue weighted by Gasteiger charge is 2.28. The molecule has 4 atom stereocenters. The molecule has 0 aliphatic carbocycles. The monoisotopic (exact) mass is 532 g/mol. The number of rotatable bonds is 18. The van der Waals surface area contributed by atoms with E-state index < -0.39 is 47.9 Å². The Morgan fingerprint density at radius 1 is 0.806 bits per heavy atom. The molecule has 206 valence electrons. The van der Waals surface area contributed by atoms with Crippen LogP contribution in [0.1, 0.15) is 39.0 Å². The number of carboxylic acids is 1. The number of carbonyl (C=O) groups is 4. The summed E-state index contributed by atoms with van der Waals surface area (Å²) in [6, 6.07) is -4.05. The molecule has 0 rings (SSSR count). The van der Waals surface area contributed by atoms with E-state index in [4.69, 9.17) is 28.7 Å². The highest BCUT2D eigenvalue weighted by Crippen LogP contribution is 2.04. The van der Waals surface area contributed by atoms with E-state index in [2.05, 4.69) is 25.9 Å². The van der Waals surface area contributed by atoms with Crippen molar-refractivity contribution < 1.29 is 24.3 Å². The van der Waals surface area contributed by atoms with Gasteiger partial charge in [-0.15, -0.1) is 0 Å². The third kappa shape index (κ3) is 14.9. The van der Waals surface area contributed by atoms with Crippen LogP contribution in [-0.2, 0) is 19.2 Å². The summed E-state index contributed by atoms with van der Waals surface area (Å²) in [7, 11) is 0. The van der Waals surface area contributed by atoms with Crippen LogP contribution in [0.25, 0.3) is 0 Å². The number of guanidine groups is 2. The van der Waals surface area contributed by atoms with Crippen molar-refractivity contribution in [2.75, 3.05) is 25.1 Å². The Morgan fingerprint density at radius 2 is 1.33 bits per heavy atom. The Kier molecular flexibility index (Phi) is 16.4. The zero-order chi connectivity index (χ0) is 27.7. The average molecular weight is 533 g/mol. The molecule has 0 aromatic rings. The third-order valence-corrected chi connectivity index (χ3v) is 5.50. The van der Waals surface area contributed by atoms with Gasteiger partial charge in [0.1, 0.15) is 18.1 Å². The number of nitrogens with one attached hydrogen (secondary N) is 3. The number of nitrogens with zero attached hydrogens (tertiary/aromatic N) is 2. The summed E-state index contributed by atoms with van der Waals surface area (Å²) < 4.78 is 0. The van der Waals surface area contributed by atoms with Gasteiger partial charge in [0.2, 0.25) is 17.7 Å². The first-order valence-electron chi connectivity index (χ1n) is 11.4. The largest absolute Gasteiger partial charge is 0.480 e. The maximum Gasteiger partial charge on any atom is 0.326 e. The Balaban J connectivity index is 4.95. The predicted molar refractivity (Wildman–Crippen MR) is 140 cm³/mol. The molecule has 4 unspecified atom stereocenters. The summed E-state index contributed by atoms with van der Waals surface area (Å²) in [4.78, 5) is 56.8. The Bertz CT molecular complexity index is 787. The van der Waals surface area contributed by atoms with Crippen molar-refractivity contribution in [3.05, 3.63) is 0 Å². The van der Waals surface area contributed by atoms with E-state index in [0.29, 0.717) is 38.0 Å². The van der Waals surface area contributed by atoms with Gasteiger partial charge in [-0.25, -0.2) is 4.79 Å². The number of aliphatic carboxylic acids is 1. The normalized spacial score (nSPS) is 13.9. The predicted octanol–water partition coefficient (Wildman–Crippen LogP) is -3.27. The van der Waals surface area contributed by atoms with Crippen LogP contribution in [0.2, 0.25) is 0 Å². The molecule has 0 aliphatic heterocycles. The van der Waals surface area contributed by atoms with E-state index in [9.17, 15) is 24.3 Å². The van der Waals surface area contributed by atoms with Crippen LogP contribution in [-0.4, -0.2) is 90.0 Å². The Hall–Kier alpha value is -3.27. The summed E-state index contributed by atoms with van der Waals surface area (Å²) in [6.45, 7) is 1.94. The minimum Gasteiger partial charge on any atom is -0.480 e. The molecule has 0 bridgehead atoms. The molecule has 0 radical (unpaired) electrons. The summed E-state index contributed by atoms with van der Waals surface area (Å²) >= 11 is 1.48. The molecule has 0 saturated carbocycles. The van der Waals surface area contributed by atoms with Gasteiger partial charge in [0.15, 0.2) is 11.9 Å². The minimum atomic E-state index is -1.23. The summed E-state index contributed by atoms with van der Waals surface area (Å²) in [5, 5.41) is 16.9. The number of carboxylic acid groups (broad SMARTS) is 1. The van der Waals surface area contributed by atoms with Gasteiger partial charge >= 0.3 is 5.97 Å². The lowest BCUT2D eigenvalue weighted by Crippen LogP contribution is -2.56. The highest BCUT2D eigenvalue weighted by atomic mass is 32.2. The minimum absolute atomic E-state index is 0.0550. The lowest BCUT2D eigenvalue weighted by molar-refractivity contribution is -0.142. The second-order valence-electron chi connectivity index (χ2n) is 7.98. The standard InChI is InChI=1S/C20H40N10O5S/c1-11(15(31)30-14(18(34)35)6-4-9-27-20(24)25)28-17(33)13(7-10-36-2)29-16(32)12(21)5-3-8-26-19(22)23/h11-14H,3-10,21H2,1-2H3,(H,28,33)(H,29,32)(H,30,31)(H,34,35)(H4,22,23,26)(H4,24,25,27).